The second-order valence-corrected chi connectivity index (χ2v) is 5.85. The number of hydrogen-bond donors (Lipinski definition) is 1. The highest BCUT2D eigenvalue weighted by Crippen LogP contribution is 2.40. The van der Waals surface area contributed by atoms with Crippen molar-refractivity contribution in [2.24, 2.45) is 0 Å². The predicted octanol–water partition coefficient (Wildman–Crippen LogP) is 3.88. The Labute approximate surface area is 121 Å². The Kier molecular flexibility index (Phi) is 3.32. The van der Waals surface area contributed by atoms with Gasteiger partial charge in [0, 0.05) is 23.1 Å². The molecule has 2 heterocycles. The second-order valence-electron chi connectivity index (χ2n) is 4.87. The summed E-state index contributed by atoms with van der Waals surface area (Å²) in [6.07, 6.45) is 2.28. The number of thiophene rings is 1. The molecule has 1 atom stereocenters. The van der Waals surface area contributed by atoms with E-state index >= 15 is 0 Å². The molecular weight excluding hydrogens is 270 g/mol. The van der Waals surface area contributed by atoms with Gasteiger partial charge in [0.25, 0.3) is 0 Å². The summed E-state index contributed by atoms with van der Waals surface area (Å²) in [5.74, 6) is 0.391. The first-order chi connectivity index (χ1) is 9.66. The Morgan fingerprint density at radius 3 is 2.75 bits per heavy atom. The van der Waals surface area contributed by atoms with E-state index in [1.165, 1.54) is 0 Å². The van der Waals surface area contributed by atoms with E-state index in [0.29, 0.717) is 6.42 Å². The van der Waals surface area contributed by atoms with Gasteiger partial charge in [-0.2, -0.15) is 0 Å². The van der Waals surface area contributed by atoms with Crippen molar-refractivity contribution in [2.45, 2.75) is 19.4 Å². The molecule has 4 heteroatoms. The number of carbonyl (C=O) groups excluding carboxylic acids is 1. The first kappa shape index (κ1) is 12.9. The fourth-order valence-electron chi connectivity index (χ4n) is 2.44. The van der Waals surface area contributed by atoms with Crippen molar-refractivity contribution in [3.05, 3.63) is 58.4 Å². The third-order valence-electron chi connectivity index (χ3n) is 3.52. The lowest BCUT2D eigenvalue weighted by atomic mass is 9.98. The number of Topliss-reactive ketones (excluding diaryl/α,β-unsaturated/α-hetero) is 1. The van der Waals surface area contributed by atoms with Crippen molar-refractivity contribution >= 4 is 22.8 Å². The van der Waals surface area contributed by atoms with E-state index in [0.717, 1.165) is 16.1 Å². The molecule has 20 heavy (non-hydrogen) atoms. The minimum Gasteiger partial charge on any atom is -0.506 e. The number of aromatic hydroxyl groups is 1. The number of anilines is 1. The van der Waals surface area contributed by atoms with Gasteiger partial charge in [-0.15, -0.1) is 11.3 Å². The zero-order valence-corrected chi connectivity index (χ0v) is 11.9. The fourth-order valence-corrected chi connectivity index (χ4v) is 3.27. The van der Waals surface area contributed by atoms with E-state index in [9.17, 15) is 9.90 Å². The van der Waals surface area contributed by atoms with Gasteiger partial charge in [0.1, 0.15) is 5.75 Å². The van der Waals surface area contributed by atoms with Crippen molar-refractivity contribution < 1.29 is 9.90 Å². The van der Waals surface area contributed by atoms with Crippen molar-refractivity contribution in [2.75, 3.05) is 4.90 Å². The molecule has 0 aliphatic carbocycles. The number of ketones is 1. The molecule has 1 aliphatic rings. The van der Waals surface area contributed by atoms with Crippen LogP contribution >= 0.6 is 11.3 Å². The average molecular weight is 285 g/mol. The Hall–Kier alpha value is -2.07. The summed E-state index contributed by atoms with van der Waals surface area (Å²) >= 11 is 1.63. The van der Waals surface area contributed by atoms with Gasteiger partial charge in [-0.05, 0) is 30.5 Å². The van der Waals surface area contributed by atoms with Crippen LogP contribution in [0.4, 0.5) is 5.69 Å². The molecule has 3 nitrogen and oxygen atoms in total. The zero-order valence-electron chi connectivity index (χ0n) is 11.1. The van der Waals surface area contributed by atoms with Crippen molar-refractivity contribution in [3.8, 4) is 5.75 Å². The summed E-state index contributed by atoms with van der Waals surface area (Å²) < 4.78 is 0. The van der Waals surface area contributed by atoms with Gasteiger partial charge in [-0.25, -0.2) is 0 Å². The van der Waals surface area contributed by atoms with Gasteiger partial charge in [-0.3, -0.25) is 4.79 Å². The number of allylic oxidation sites excluding steroid dienone is 1. The molecule has 0 saturated carbocycles. The molecular formula is C16H15NO2S. The number of carbonyl (C=O) groups is 1. The normalized spacial score (nSPS) is 19.1. The number of para-hydroxylation sites is 2. The van der Waals surface area contributed by atoms with Gasteiger partial charge >= 0.3 is 0 Å². The van der Waals surface area contributed by atoms with Crippen LogP contribution in [0.15, 0.2) is 53.6 Å². The first-order valence-electron chi connectivity index (χ1n) is 6.48. The van der Waals surface area contributed by atoms with Crippen LogP contribution in [0.5, 0.6) is 5.75 Å². The summed E-state index contributed by atoms with van der Waals surface area (Å²) in [6, 6.07) is 11.2. The third-order valence-corrected chi connectivity index (χ3v) is 4.49. The summed E-state index contributed by atoms with van der Waals surface area (Å²) in [5.41, 5.74) is 1.46. The van der Waals surface area contributed by atoms with Gasteiger partial charge in [0.15, 0.2) is 5.78 Å². The molecule has 2 aromatic rings. The molecule has 0 radical (unpaired) electrons. The Morgan fingerprint density at radius 2 is 2.05 bits per heavy atom. The van der Waals surface area contributed by atoms with Crippen molar-refractivity contribution in [1.29, 1.82) is 0 Å². The van der Waals surface area contributed by atoms with Crippen LogP contribution in [0.3, 0.4) is 0 Å². The molecule has 0 bridgehead atoms. The van der Waals surface area contributed by atoms with Gasteiger partial charge in [0.05, 0.1) is 11.7 Å². The summed E-state index contributed by atoms with van der Waals surface area (Å²) in [4.78, 5) is 15.1. The predicted molar refractivity (Wildman–Crippen MR) is 81.0 cm³/mol. The molecule has 1 aromatic heterocycles. The van der Waals surface area contributed by atoms with E-state index in [2.05, 4.69) is 0 Å². The number of nitrogens with zero attached hydrogens (tertiary/aromatic N) is 1. The quantitative estimate of drug-likeness (QED) is 0.910. The average Bonchev–Trinajstić information content (AvgIpc) is 2.96. The number of hydrogen-bond acceptors (Lipinski definition) is 4. The Balaban J connectivity index is 2.09. The standard InChI is InChI=1S/C16H15NO2S/c1-11-10-17(12-5-2-3-6-14(12)18)13(9-15(11)19)16-7-4-8-20-16/h2-8,10,13,18H,9H2,1H3. The zero-order chi connectivity index (χ0) is 14.1. The largest absolute Gasteiger partial charge is 0.506 e. The van der Waals surface area contributed by atoms with Crippen LogP contribution in [0, 0.1) is 0 Å². The lowest BCUT2D eigenvalue weighted by Crippen LogP contribution is -2.30. The molecule has 3 rings (SSSR count). The highest BCUT2D eigenvalue weighted by Gasteiger charge is 2.29. The Morgan fingerprint density at radius 1 is 1.25 bits per heavy atom. The lowest BCUT2D eigenvalue weighted by Gasteiger charge is -2.34. The molecule has 1 N–H and O–H groups in total. The maximum atomic E-state index is 12.0. The molecule has 0 fully saturated rings. The fraction of sp³-hybridized carbons (Fsp3) is 0.188. The number of phenolic OH excluding ortho intramolecular Hbond substituents is 1. The highest BCUT2D eigenvalue weighted by molar-refractivity contribution is 7.10. The van der Waals surface area contributed by atoms with Crippen LogP contribution in [0.25, 0.3) is 0 Å². The van der Waals surface area contributed by atoms with Crippen LogP contribution in [-0.2, 0) is 4.79 Å². The van der Waals surface area contributed by atoms with Crippen LogP contribution in [0.2, 0.25) is 0 Å². The Bertz CT molecular complexity index is 661. The lowest BCUT2D eigenvalue weighted by molar-refractivity contribution is -0.116. The van der Waals surface area contributed by atoms with Gasteiger partial charge < -0.3 is 10.0 Å². The SMILES string of the molecule is CC1=CN(c2ccccc2O)C(c2cccs2)CC1=O. The summed E-state index contributed by atoms with van der Waals surface area (Å²) in [5, 5.41) is 12.1. The van der Waals surface area contributed by atoms with Crippen LogP contribution in [0.1, 0.15) is 24.3 Å². The maximum absolute atomic E-state index is 12.0. The van der Waals surface area contributed by atoms with E-state index in [1.54, 1.807) is 23.5 Å². The van der Waals surface area contributed by atoms with E-state index < -0.39 is 0 Å². The van der Waals surface area contributed by atoms with Gasteiger partial charge in [0.2, 0.25) is 0 Å². The molecule has 0 spiro atoms. The molecule has 0 saturated heterocycles. The highest BCUT2D eigenvalue weighted by atomic mass is 32.1. The molecule has 1 unspecified atom stereocenters. The topological polar surface area (TPSA) is 40.5 Å². The van der Waals surface area contributed by atoms with Crippen molar-refractivity contribution in [3.63, 3.8) is 0 Å². The van der Waals surface area contributed by atoms with Gasteiger partial charge in [-0.1, -0.05) is 18.2 Å². The van der Waals surface area contributed by atoms with E-state index in [1.807, 2.05) is 47.7 Å². The number of rotatable bonds is 2. The monoisotopic (exact) mass is 285 g/mol. The molecule has 1 aliphatic heterocycles. The van der Waals surface area contributed by atoms with Crippen molar-refractivity contribution in [1.82, 2.24) is 0 Å². The van der Waals surface area contributed by atoms with Crippen LogP contribution < -0.4 is 4.90 Å². The minimum atomic E-state index is -0.0421. The summed E-state index contributed by atoms with van der Waals surface area (Å²) in [6.45, 7) is 1.82. The third kappa shape index (κ3) is 2.23. The van der Waals surface area contributed by atoms with E-state index in [4.69, 9.17) is 0 Å². The number of phenols is 1. The smallest absolute Gasteiger partial charge is 0.162 e. The number of benzene rings is 1. The maximum Gasteiger partial charge on any atom is 0.162 e. The molecule has 0 amide bonds. The summed E-state index contributed by atoms with van der Waals surface area (Å²) in [7, 11) is 0. The van der Waals surface area contributed by atoms with E-state index in [-0.39, 0.29) is 17.6 Å². The second kappa shape index (κ2) is 5.13. The van der Waals surface area contributed by atoms with Crippen LogP contribution in [-0.4, -0.2) is 10.9 Å². The molecule has 102 valence electrons. The first-order valence-corrected chi connectivity index (χ1v) is 7.36. The molecule has 1 aromatic carbocycles. The minimum absolute atomic E-state index is 0.0421.